The lowest BCUT2D eigenvalue weighted by Crippen LogP contribution is -2.48. The highest BCUT2D eigenvalue weighted by Gasteiger charge is 2.31. The topological polar surface area (TPSA) is 50.2 Å². The van der Waals surface area contributed by atoms with Crippen molar-refractivity contribution in [1.82, 2.24) is 9.55 Å². The van der Waals surface area contributed by atoms with E-state index < -0.39 is 0 Å². The summed E-state index contributed by atoms with van der Waals surface area (Å²) >= 11 is 0. The predicted octanol–water partition coefficient (Wildman–Crippen LogP) is 2.93. The summed E-state index contributed by atoms with van der Waals surface area (Å²) in [6, 6.07) is 7.99. The third-order valence-electron chi connectivity index (χ3n) is 4.32. The Labute approximate surface area is 131 Å². The van der Waals surface area contributed by atoms with E-state index in [-0.39, 0.29) is 18.0 Å². The Bertz CT molecular complexity index is 650. The van der Waals surface area contributed by atoms with E-state index >= 15 is 0 Å². The Morgan fingerprint density at radius 2 is 2.09 bits per heavy atom. The lowest BCUT2D eigenvalue weighted by Gasteiger charge is -2.38. The number of benzene rings is 1. The first-order valence-electron chi connectivity index (χ1n) is 7.72. The quantitative estimate of drug-likeness (QED) is 0.948. The van der Waals surface area contributed by atoms with Gasteiger partial charge in [-0.1, -0.05) is 26.0 Å². The smallest absolute Gasteiger partial charge is 0.249 e. The highest BCUT2D eigenvalue weighted by atomic mass is 16.2. The molecule has 0 spiro atoms. The summed E-state index contributed by atoms with van der Waals surface area (Å²) in [5, 5.41) is 3.54. The van der Waals surface area contributed by atoms with Gasteiger partial charge in [0.2, 0.25) is 5.91 Å². The van der Waals surface area contributed by atoms with Crippen molar-refractivity contribution in [3.8, 4) is 0 Å². The zero-order valence-electron chi connectivity index (χ0n) is 13.2. The Balaban J connectivity index is 1.93. The van der Waals surface area contributed by atoms with Crippen molar-refractivity contribution in [3.05, 3.63) is 43.0 Å². The first-order valence-corrected chi connectivity index (χ1v) is 7.72. The number of hydrogen-bond donors (Lipinski definition) is 1. The fourth-order valence-corrected chi connectivity index (χ4v) is 2.81. The standard InChI is InChI=1S/C17H22N4O/c1-12(2)15-10-21(16-7-5-4-6-14(16)19-15)17(22)13(3)20-9-8-18-11-20/h4-9,11-13,15,19H,10H2,1-3H3/t13-,15+/m0/s1. The minimum Gasteiger partial charge on any atom is -0.379 e. The average Bonchev–Trinajstić information content (AvgIpc) is 3.06. The van der Waals surface area contributed by atoms with Crippen LogP contribution in [0.5, 0.6) is 0 Å². The largest absolute Gasteiger partial charge is 0.379 e. The first-order chi connectivity index (χ1) is 10.6. The molecule has 2 atom stereocenters. The molecule has 0 bridgehead atoms. The van der Waals surface area contributed by atoms with Gasteiger partial charge in [0.05, 0.1) is 17.7 Å². The second kappa shape index (κ2) is 5.83. The van der Waals surface area contributed by atoms with Gasteiger partial charge < -0.3 is 14.8 Å². The van der Waals surface area contributed by atoms with Crippen LogP contribution in [0.3, 0.4) is 0 Å². The number of rotatable bonds is 3. The summed E-state index contributed by atoms with van der Waals surface area (Å²) in [5.74, 6) is 0.546. The molecule has 5 nitrogen and oxygen atoms in total. The van der Waals surface area contributed by atoms with Crippen LogP contribution in [0.25, 0.3) is 0 Å². The van der Waals surface area contributed by atoms with E-state index in [1.807, 2.05) is 46.9 Å². The summed E-state index contributed by atoms with van der Waals surface area (Å²) in [7, 11) is 0. The molecule has 0 radical (unpaired) electrons. The molecule has 0 saturated heterocycles. The second-order valence-corrected chi connectivity index (χ2v) is 6.15. The molecule has 0 aliphatic carbocycles. The molecule has 1 aliphatic heterocycles. The minimum atomic E-state index is -0.263. The number of para-hydroxylation sites is 2. The SMILES string of the molecule is CC(C)[C@H]1CN(C(=O)[C@H](C)n2ccnc2)c2ccccc2N1. The zero-order valence-corrected chi connectivity index (χ0v) is 13.2. The summed E-state index contributed by atoms with van der Waals surface area (Å²) < 4.78 is 1.84. The fourth-order valence-electron chi connectivity index (χ4n) is 2.81. The molecule has 0 unspecified atom stereocenters. The Morgan fingerprint density at radius 3 is 2.77 bits per heavy atom. The van der Waals surface area contributed by atoms with Gasteiger partial charge >= 0.3 is 0 Å². The number of hydrogen-bond acceptors (Lipinski definition) is 3. The molecule has 1 aromatic heterocycles. The zero-order chi connectivity index (χ0) is 15.7. The van der Waals surface area contributed by atoms with Gasteiger partial charge in [-0.15, -0.1) is 0 Å². The molecule has 1 N–H and O–H groups in total. The Kier molecular flexibility index (Phi) is 3.88. The lowest BCUT2D eigenvalue weighted by molar-refractivity contribution is -0.121. The van der Waals surface area contributed by atoms with Crippen molar-refractivity contribution in [2.24, 2.45) is 5.92 Å². The highest BCUT2D eigenvalue weighted by Crippen LogP contribution is 2.33. The number of aromatic nitrogens is 2. The van der Waals surface area contributed by atoms with Crippen molar-refractivity contribution in [3.63, 3.8) is 0 Å². The third kappa shape index (κ3) is 2.58. The van der Waals surface area contributed by atoms with Crippen molar-refractivity contribution >= 4 is 17.3 Å². The maximum absolute atomic E-state index is 13.0. The van der Waals surface area contributed by atoms with Crippen LogP contribution >= 0.6 is 0 Å². The first kappa shape index (κ1) is 14.6. The molecule has 1 aromatic carbocycles. The molecule has 0 saturated carbocycles. The molecule has 22 heavy (non-hydrogen) atoms. The number of imidazole rings is 1. The van der Waals surface area contributed by atoms with Crippen molar-refractivity contribution < 1.29 is 4.79 Å². The number of fused-ring (bicyclic) bond motifs is 1. The van der Waals surface area contributed by atoms with E-state index in [4.69, 9.17) is 0 Å². The van der Waals surface area contributed by atoms with Crippen LogP contribution in [0.4, 0.5) is 11.4 Å². The van der Waals surface area contributed by atoms with E-state index in [1.54, 1.807) is 12.5 Å². The van der Waals surface area contributed by atoms with Crippen LogP contribution < -0.4 is 10.2 Å². The van der Waals surface area contributed by atoms with E-state index in [0.29, 0.717) is 12.5 Å². The summed E-state index contributed by atoms with van der Waals surface area (Å²) in [6.45, 7) is 6.95. The van der Waals surface area contributed by atoms with E-state index in [1.165, 1.54) is 0 Å². The van der Waals surface area contributed by atoms with Crippen molar-refractivity contribution in [1.29, 1.82) is 0 Å². The molecule has 2 heterocycles. The number of carbonyl (C=O) groups is 1. The maximum atomic E-state index is 13.0. The molecule has 5 heteroatoms. The molecule has 1 amide bonds. The third-order valence-corrected chi connectivity index (χ3v) is 4.32. The van der Waals surface area contributed by atoms with Gasteiger partial charge in [-0.25, -0.2) is 4.98 Å². The number of nitrogens with zero attached hydrogens (tertiary/aromatic N) is 3. The molecule has 0 fully saturated rings. The van der Waals surface area contributed by atoms with Gasteiger partial charge in [0, 0.05) is 25.0 Å². The van der Waals surface area contributed by atoms with E-state index in [0.717, 1.165) is 11.4 Å². The number of nitrogens with one attached hydrogen (secondary N) is 1. The molecule has 1 aliphatic rings. The number of amides is 1. The van der Waals surface area contributed by atoms with Crippen LogP contribution in [-0.2, 0) is 4.79 Å². The van der Waals surface area contributed by atoms with Gasteiger partial charge in [-0.3, -0.25) is 4.79 Å². The number of carbonyl (C=O) groups excluding carboxylic acids is 1. The van der Waals surface area contributed by atoms with Crippen LogP contribution in [0.2, 0.25) is 0 Å². The van der Waals surface area contributed by atoms with Gasteiger partial charge in [0.15, 0.2) is 0 Å². The van der Waals surface area contributed by atoms with E-state index in [2.05, 4.69) is 24.1 Å². The van der Waals surface area contributed by atoms with Crippen LogP contribution in [0.1, 0.15) is 26.8 Å². The summed E-state index contributed by atoms with van der Waals surface area (Å²) in [6.07, 6.45) is 5.22. The van der Waals surface area contributed by atoms with Gasteiger partial charge in [0.1, 0.15) is 6.04 Å². The number of anilines is 2. The summed E-state index contributed by atoms with van der Waals surface area (Å²) in [5.41, 5.74) is 1.98. The second-order valence-electron chi connectivity index (χ2n) is 6.15. The predicted molar refractivity (Wildman–Crippen MR) is 88.0 cm³/mol. The van der Waals surface area contributed by atoms with Gasteiger partial charge in [0.25, 0.3) is 0 Å². The van der Waals surface area contributed by atoms with Crippen LogP contribution in [0.15, 0.2) is 43.0 Å². The highest BCUT2D eigenvalue weighted by molar-refractivity contribution is 5.99. The van der Waals surface area contributed by atoms with E-state index in [9.17, 15) is 4.79 Å². The van der Waals surface area contributed by atoms with Crippen LogP contribution in [0, 0.1) is 5.92 Å². The average molecular weight is 298 g/mol. The van der Waals surface area contributed by atoms with Gasteiger partial charge in [-0.2, -0.15) is 0 Å². The normalized spacial score (nSPS) is 18.7. The maximum Gasteiger partial charge on any atom is 0.249 e. The monoisotopic (exact) mass is 298 g/mol. The minimum absolute atomic E-state index is 0.0950. The summed E-state index contributed by atoms with van der Waals surface area (Å²) in [4.78, 5) is 18.9. The Morgan fingerprint density at radius 1 is 1.32 bits per heavy atom. The Hall–Kier alpha value is -2.30. The lowest BCUT2D eigenvalue weighted by atomic mass is 9.99. The molecule has 2 aromatic rings. The molecular formula is C17H22N4O. The fraction of sp³-hybridized carbons (Fsp3) is 0.412. The molecule has 116 valence electrons. The van der Waals surface area contributed by atoms with Gasteiger partial charge in [-0.05, 0) is 25.0 Å². The molecular weight excluding hydrogens is 276 g/mol. The molecule has 3 rings (SSSR count). The van der Waals surface area contributed by atoms with Crippen LogP contribution in [-0.4, -0.2) is 28.0 Å². The van der Waals surface area contributed by atoms with Crippen molar-refractivity contribution in [2.45, 2.75) is 32.9 Å². The van der Waals surface area contributed by atoms with Crippen molar-refractivity contribution in [2.75, 3.05) is 16.8 Å².